The monoisotopic (exact) mass is 352 g/mol. The molecule has 5 heteroatoms. The summed E-state index contributed by atoms with van der Waals surface area (Å²) in [5.74, 6) is -0.0857. The Morgan fingerprint density at radius 3 is 2.60 bits per heavy atom. The molecule has 0 fully saturated rings. The molecule has 1 atom stereocenters. The highest BCUT2D eigenvalue weighted by molar-refractivity contribution is 9.10. The normalized spacial score (nSPS) is 12.0. The van der Waals surface area contributed by atoms with Crippen LogP contribution in [0.5, 0.6) is 0 Å². The molecule has 1 unspecified atom stereocenters. The van der Waals surface area contributed by atoms with Gasteiger partial charge in [0.25, 0.3) is 5.91 Å². The number of rotatable bonds is 3. The van der Waals surface area contributed by atoms with Gasteiger partial charge < -0.3 is 4.90 Å². The first-order chi connectivity index (χ1) is 9.50. The third kappa shape index (κ3) is 3.19. The SMILES string of the molecule is CC(c1ccccc1Cl)N(C)C(=O)c1ccc(Br)nc1. The van der Waals surface area contributed by atoms with E-state index in [-0.39, 0.29) is 11.9 Å². The molecular formula is C15H14BrClN2O. The summed E-state index contributed by atoms with van der Waals surface area (Å²) in [6.45, 7) is 1.95. The van der Waals surface area contributed by atoms with Crippen molar-refractivity contribution in [1.29, 1.82) is 0 Å². The number of amides is 1. The number of hydrogen-bond donors (Lipinski definition) is 0. The van der Waals surface area contributed by atoms with Gasteiger partial charge in [0.1, 0.15) is 4.60 Å². The fraction of sp³-hybridized carbons (Fsp3) is 0.200. The molecular weight excluding hydrogens is 340 g/mol. The Labute approximate surface area is 131 Å². The Kier molecular flexibility index (Phi) is 4.78. The average molecular weight is 354 g/mol. The summed E-state index contributed by atoms with van der Waals surface area (Å²) in [7, 11) is 1.76. The molecule has 0 saturated heterocycles. The molecule has 104 valence electrons. The summed E-state index contributed by atoms with van der Waals surface area (Å²) in [5.41, 5.74) is 1.48. The number of nitrogens with zero attached hydrogens (tertiary/aromatic N) is 2. The van der Waals surface area contributed by atoms with Crippen molar-refractivity contribution >= 4 is 33.4 Å². The molecule has 2 rings (SSSR count). The van der Waals surface area contributed by atoms with E-state index in [1.54, 1.807) is 30.3 Å². The van der Waals surface area contributed by atoms with Crippen LogP contribution in [-0.2, 0) is 0 Å². The number of carbonyl (C=O) groups is 1. The highest BCUT2D eigenvalue weighted by Crippen LogP contribution is 2.27. The van der Waals surface area contributed by atoms with Crippen LogP contribution in [0.2, 0.25) is 5.02 Å². The minimum absolute atomic E-state index is 0.0857. The van der Waals surface area contributed by atoms with Crippen LogP contribution in [0.4, 0.5) is 0 Å². The zero-order chi connectivity index (χ0) is 14.7. The van der Waals surface area contributed by atoms with Crippen molar-refractivity contribution in [1.82, 2.24) is 9.88 Å². The summed E-state index contributed by atoms with van der Waals surface area (Å²) in [4.78, 5) is 18.1. The predicted octanol–water partition coefficient (Wildman–Crippen LogP) is 4.33. The third-order valence-electron chi connectivity index (χ3n) is 3.23. The Morgan fingerprint density at radius 1 is 1.30 bits per heavy atom. The molecule has 2 aromatic rings. The zero-order valence-corrected chi connectivity index (χ0v) is 13.5. The number of aromatic nitrogens is 1. The summed E-state index contributed by atoms with van der Waals surface area (Å²) >= 11 is 9.43. The first kappa shape index (κ1) is 15.0. The van der Waals surface area contributed by atoms with E-state index >= 15 is 0 Å². The summed E-state index contributed by atoms with van der Waals surface area (Å²) < 4.78 is 0.704. The molecule has 0 saturated carbocycles. The topological polar surface area (TPSA) is 33.2 Å². The van der Waals surface area contributed by atoms with Crippen molar-refractivity contribution in [2.75, 3.05) is 7.05 Å². The van der Waals surface area contributed by atoms with Crippen LogP contribution >= 0.6 is 27.5 Å². The maximum atomic E-state index is 12.4. The van der Waals surface area contributed by atoms with Crippen molar-refractivity contribution in [2.24, 2.45) is 0 Å². The number of benzene rings is 1. The van der Waals surface area contributed by atoms with E-state index < -0.39 is 0 Å². The van der Waals surface area contributed by atoms with Gasteiger partial charge >= 0.3 is 0 Å². The Bertz CT molecular complexity index is 616. The van der Waals surface area contributed by atoms with Gasteiger partial charge in [-0.15, -0.1) is 0 Å². The minimum atomic E-state index is -0.111. The van der Waals surface area contributed by atoms with Crippen molar-refractivity contribution in [2.45, 2.75) is 13.0 Å². The lowest BCUT2D eigenvalue weighted by Gasteiger charge is -2.26. The molecule has 0 aliphatic carbocycles. The molecule has 20 heavy (non-hydrogen) atoms. The first-order valence-electron chi connectivity index (χ1n) is 6.14. The molecule has 1 amide bonds. The van der Waals surface area contributed by atoms with E-state index in [0.717, 1.165) is 5.56 Å². The van der Waals surface area contributed by atoms with Gasteiger partial charge in [0.15, 0.2) is 0 Å². The molecule has 3 nitrogen and oxygen atoms in total. The van der Waals surface area contributed by atoms with E-state index in [0.29, 0.717) is 15.2 Å². The predicted molar refractivity (Wildman–Crippen MR) is 83.9 cm³/mol. The van der Waals surface area contributed by atoms with Crippen molar-refractivity contribution in [3.8, 4) is 0 Å². The summed E-state index contributed by atoms with van der Waals surface area (Å²) in [5, 5.41) is 0.661. The molecule has 0 aliphatic heterocycles. The molecule has 1 aromatic carbocycles. The van der Waals surface area contributed by atoms with Gasteiger partial charge in [0, 0.05) is 18.3 Å². The molecule has 0 N–H and O–H groups in total. The van der Waals surface area contributed by atoms with Crippen LogP contribution in [0.15, 0.2) is 47.2 Å². The lowest BCUT2D eigenvalue weighted by molar-refractivity contribution is 0.0742. The smallest absolute Gasteiger partial charge is 0.255 e. The number of hydrogen-bond acceptors (Lipinski definition) is 2. The Morgan fingerprint density at radius 2 is 2.00 bits per heavy atom. The Hall–Kier alpha value is -1.39. The van der Waals surface area contributed by atoms with Gasteiger partial charge in [0.05, 0.1) is 11.6 Å². The van der Waals surface area contributed by atoms with Gasteiger partial charge in [-0.25, -0.2) is 4.98 Å². The van der Waals surface area contributed by atoms with E-state index in [2.05, 4.69) is 20.9 Å². The largest absolute Gasteiger partial charge is 0.335 e. The molecule has 0 aliphatic rings. The first-order valence-corrected chi connectivity index (χ1v) is 7.31. The van der Waals surface area contributed by atoms with E-state index in [1.165, 1.54) is 0 Å². The minimum Gasteiger partial charge on any atom is -0.335 e. The Balaban J connectivity index is 2.22. The lowest BCUT2D eigenvalue weighted by Crippen LogP contribution is -2.29. The molecule has 1 heterocycles. The van der Waals surface area contributed by atoms with Gasteiger partial charge in [-0.1, -0.05) is 29.8 Å². The van der Waals surface area contributed by atoms with Crippen LogP contribution in [0.25, 0.3) is 0 Å². The van der Waals surface area contributed by atoms with Gasteiger partial charge in [-0.05, 0) is 46.6 Å². The van der Waals surface area contributed by atoms with Gasteiger partial charge in [0.2, 0.25) is 0 Å². The molecule has 0 bridgehead atoms. The van der Waals surface area contributed by atoms with E-state index in [9.17, 15) is 4.79 Å². The highest BCUT2D eigenvalue weighted by atomic mass is 79.9. The number of carbonyl (C=O) groups excluding carboxylic acids is 1. The van der Waals surface area contributed by atoms with Crippen LogP contribution in [-0.4, -0.2) is 22.8 Å². The summed E-state index contributed by atoms with van der Waals surface area (Å²) in [6.07, 6.45) is 1.56. The van der Waals surface area contributed by atoms with Crippen LogP contribution in [0.1, 0.15) is 28.9 Å². The number of halogens is 2. The van der Waals surface area contributed by atoms with Gasteiger partial charge in [-0.3, -0.25) is 4.79 Å². The summed E-state index contributed by atoms with van der Waals surface area (Å²) in [6, 6.07) is 10.9. The fourth-order valence-electron chi connectivity index (χ4n) is 1.90. The van der Waals surface area contributed by atoms with E-state index in [4.69, 9.17) is 11.6 Å². The quantitative estimate of drug-likeness (QED) is 0.769. The van der Waals surface area contributed by atoms with Crippen molar-refractivity contribution < 1.29 is 4.79 Å². The maximum Gasteiger partial charge on any atom is 0.255 e. The second kappa shape index (κ2) is 6.37. The second-order valence-corrected chi connectivity index (χ2v) is 5.70. The van der Waals surface area contributed by atoms with Crippen LogP contribution in [0, 0.1) is 0 Å². The third-order valence-corrected chi connectivity index (χ3v) is 4.04. The molecule has 0 radical (unpaired) electrons. The fourth-order valence-corrected chi connectivity index (χ4v) is 2.43. The maximum absolute atomic E-state index is 12.4. The highest BCUT2D eigenvalue weighted by Gasteiger charge is 2.20. The van der Waals surface area contributed by atoms with Gasteiger partial charge in [-0.2, -0.15) is 0 Å². The van der Waals surface area contributed by atoms with Crippen LogP contribution in [0.3, 0.4) is 0 Å². The standard InChI is InChI=1S/C15H14BrClN2O/c1-10(12-5-3-4-6-13(12)17)19(2)15(20)11-7-8-14(16)18-9-11/h3-10H,1-2H3. The molecule has 0 spiro atoms. The number of pyridine rings is 1. The van der Waals surface area contributed by atoms with Crippen molar-refractivity contribution in [3.63, 3.8) is 0 Å². The van der Waals surface area contributed by atoms with E-state index in [1.807, 2.05) is 31.2 Å². The van der Waals surface area contributed by atoms with Crippen molar-refractivity contribution in [3.05, 3.63) is 63.3 Å². The van der Waals surface area contributed by atoms with Crippen LogP contribution < -0.4 is 0 Å². The second-order valence-electron chi connectivity index (χ2n) is 4.48. The average Bonchev–Trinajstić information content (AvgIpc) is 2.46. The molecule has 1 aromatic heterocycles. The lowest BCUT2D eigenvalue weighted by atomic mass is 10.1. The zero-order valence-electron chi connectivity index (χ0n) is 11.2.